The Morgan fingerprint density at radius 3 is 2.31 bits per heavy atom. The average molecular weight is 219 g/mol. The summed E-state index contributed by atoms with van der Waals surface area (Å²) in [6, 6.07) is 11.0. The highest BCUT2D eigenvalue weighted by Gasteiger charge is 2.32. The lowest BCUT2D eigenvalue weighted by Crippen LogP contribution is -2.44. The fourth-order valence-corrected chi connectivity index (χ4v) is 2.05. The van der Waals surface area contributed by atoms with E-state index < -0.39 is 0 Å². The van der Waals surface area contributed by atoms with E-state index in [4.69, 9.17) is 4.74 Å². The summed E-state index contributed by atoms with van der Waals surface area (Å²) in [5.41, 5.74) is 1.20. The lowest BCUT2D eigenvalue weighted by atomic mass is 9.88. The van der Waals surface area contributed by atoms with Crippen molar-refractivity contribution in [3.63, 3.8) is 0 Å². The first kappa shape index (κ1) is 11.5. The van der Waals surface area contributed by atoms with Crippen LogP contribution in [0.15, 0.2) is 30.3 Å². The molecule has 1 aromatic rings. The van der Waals surface area contributed by atoms with E-state index >= 15 is 0 Å². The summed E-state index contributed by atoms with van der Waals surface area (Å²) >= 11 is 0. The summed E-state index contributed by atoms with van der Waals surface area (Å²) in [5, 5.41) is 3.51. The van der Waals surface area contributed by atoms with Gasteiger partial charge in [-0.05, 0) is 45.7 Å². The fourth-order valence-electron chi connectivity index (χ4n) is 2.05. The van der Waals surface area contributed by atoms with Crippen LogP contribution in [0, 0.1) is 0 Å². The fraction of sp³-hybridized carbons (Fsp3) is 0.571. The summed E-state index contributed by atoms with van der Waals surface area (Å²) in [4.78, 5) is 0. The predicted molar refractivity (Wildman–Crippen MR) is 67.7 cm³/mol. The number of rotatable bonds is 3. The quantitative estimate of drug-likeness (QED) is 0.840. The van der Waals surface area contributed by atoms with Crippen molar-refractivity contribution in [3.05, 3.63) is 30.3 Å². The van der Waals surface area contributed by atoms with E-state index in [1.165, 1.54) is 5.69 Å². The van der Waals surface area contributed by atoms with Crippen LogP contribution in [-0.2, 0) is 4.74 Å². The van der Waals surface area contributed by atoms with Crippen LogP contribution in [0.1, 0.15) is 33.6 Å². The molecule has 1 fully saturated rings. The predicted octanol–water partition coefficient (Wildman–Crippen LogP) is 3.44. The SMILES string of the molecule is CC(C)(C)OC1CC(Nc2ccccc2)C1. The van der Waals surface area contributed by atoms with Crippen molar-refractivity contribution in [3.8, 4) is 0 Å². The molecule has 1 N–H and O–H groups in total. The second-order valence-electron chi connectivity index (χ2n) is 5.53. The highest BCUT2D eigenvalue weighted by molar-refractivity contribution is 5.43. The van der Waals surface area contributed by atoms with Gasteiger partial charge in [-0.15, -0.1) is 0 Å². The Hall–Kier alpha value is -1.02. The molecule has 2 nitrogen and oxygen atoms in total. The Bertz CT molecular complexity index is 322. The molecule has 0 aliphatic heterocycles. The number of hydrogen-bond donors (Lipinski definition) is 1. The van der Waals surface area contributed by atoms with Gasteiger partial charge in [-0.3, -0.25) is 0 Å². The molecule has 1 aromatic carbocycles. The molecule has 1 aliphatic rings. The van der Waals surface area contributed by atoms with Crippen LogP contribution in [0.4, 0.5) is 5.69 Å². The Balaban J connectivity index is 1.73. The smallest absolute Gasteiger partial charge is 0.0621 e. The molecule has 1 saturated carbocycles. The van der Waals surface area contributed by atoms with Gasteiger partial charge in [0.25, 0.3) is 0 Å². The molecular formula is C14H21NO. The summed E-state index contributed by atoms with van der Waals surface area (Å²) in [6.45, 7) is 6.35. The molecule has 0 amide bonds. The first-order valence-corrected chi connectivity index (χ1v) is 6.02. The van der Waals surface area contributed by atoms with Crippen molar-refractivity contribution < 1.29 is 4.74 Å². The third-order valence-corrected chi connectivity index (χ3v) is 2.76. The topological polar surface area (TPSA) is 21.3 Å². The van der Waals surface area contributed by atoms with Crippen molar-refractivity contribution in [2.45, 2.75) is 51.4 Å². The standard InChI is InChI=1S/C14H21NO/c1-14(2,3)16-13-9-12(10-13)15-11-7-5-4-6-8-11/h4-8,12-13,15H,9-10H2,1-3H3. The number of para-hydroxylation sites is 1. The lowest BCUT2D eigenvalue weighted by molar-refractivity contribution is -0.0953. The Morgan fingerprint density at radius 2 is 1.75 bits per heavy atom. The van der Waals surface area contributed by atoms with Crippen molar-refractivity contribution in [1.82, 2.24) is 0 Å². The van der Waals surface area contributed by atoms with E-state index in [2.05, 4.69) is 50.4 Å². The van der Waals surface area contributed by atoms with Gasteiger partial charge in [-0.25, -0.2) is 0 Å². The molecule has 0 heterocycles. The van der Waals surface area contributed by atoms with Gasteiger partial charge in [0.15, 0.2) is 0 Å². The minimum absolute atomic E-state index is 0.0115. The molecule has 0 aromatic heterocycles. The number of anilines is 1. The van der Waals surface area contributed by atoms with Gasteiger partial charge in [0.2, 0.25) is 0 Å². The van der Waals surface area contributed by atoms with Gasteiger partial charge in [0, 0.05) is 11.7 Å². The molecule has 0 atom stereocenters. The first-order chi connectivity index (χ1) is 7.53. The van der Waals surface area contributed by atoms with Crippen LogP contribution in [-0.4, -0.2) is 17.7 Å². The molecule has 2 rings (SSSR count). The second-order valence-corrected chi connectivity index (χ2v) is 5.53. The molecular weight excluding hydrogens is 198 g/mol. The van der Waals surface area contributed by atoms with Gasteiger partial charge in [0.05, 0.1) is 11.7 Å². The minimum Gasteiger partial charge on any atom is -0.382 e. The lowest BCUT2D eigenvalue weighted by Gasteiger charge is -2.40. The van der Waals surface area contributed by atoms with Gasteiger partial charge >= 0.3 is 0 Å². The van der Waals surface area contributed by atoms with Crippen LogP contribution in [0.2, 0.25) is 0 Å². The van der Waals surface area contributed by atoms with E-state index in [0.717, 1.165) is 12.8 Å². The molecule has 0 radical (unpaired) electrons. The highest BCUT2D eigenvalue weighted by Crippen LogP contribution is 2.29. The summed E-state index contributed by atoms with van der Waals surface area (Å²) in [5.74, 6) is 0. The number of benzene rings is 1. The zero-order chi connectivity index (χ0) is 11.6. The molecule has 0 bridgehead atoms. The van der Waals surface area contributed by atoms with E-state index in [9.17, 15) is 0 Å². The molecule has 88 valence electrons. The maximum absolute atomic E-state index is 5.90. The van der Waals surface area contributed by atoms with Crippen LogP contribution < -0.4 is 5.32 Å². The van der Waals surface area contributed by atoms with Crippen LogP contribution >= 0.6 is 0 Å². The van der Waals surface area contributed by atoms with Crippen molar-refractivity contribution in [2.24, 2.45) is 0 Å². The highest BCUT2D eigenvalue weighted by atomic mass is 16.5. The van der Waals surface area contributed by atoms with Crippen LogP contribution in [0.5, 0.6) is 0 Å². The van der Waals surface area contributed by atoms with Gasteiger partial charge in [0.1, 0.15) is 0 Å². The molecule has 16 heavy (non-hydrogen) atoms. The zero-order valence-corrected chi connectivity index (χ0v) is 10.4. The van der Waals surface area contributed by atoms with Crippen molar-refractivity contribution >= 4 is 5.69 Å². The van der Waals surface area contributed by atoms with Crippen molar-refractivity contribution in [1.29, 1.82) is 0 Å². The number of nitrogens with one attached hydrogen (secondary N) is 1. The summed E-state index contributed by atoms with van der Waals surface area (Å²) in [6.07, 6.45) is 2.67. The Morgan fingerprint density at radius 1 is 1.12 bits per heavy atom. The number of hydrogen-bond acceptors (Lipinski definition) is 2. The van der Waals surface area contributed by atoms with Gasteiger partial charge in [-0.1, -0.05) is 18.2 Å². The average Bonchev–Trinajstić information content (AvgIpc) is 2.14. The maximum atomic E-state index is 5.90. The van der Waals surface area contributed by atoms with Crippen LogP contribution in [0.25, 0.3) is 0 Å². The number of ether oxygens (including phenoxy) is 1. The Kier molecular flexibility index (Phi) is 3.20. The third-order valence-electron chi connectivity index (χ3n) is 2.76. The van der Waals surface area contributed by atoms with E-state index in [1.807, 2.05) is 6.07 Å². The van der Waals surface area contributed by atoms with E-state index in [1.54, 1.807) is 0 Å². The van der Waals surface area contributed by atoms with E-state index in [0.29, 0.717) is 12.1 Å². The molecule has 0 spiro atoms. The van der Waals surface area contributed by atoms with E-state index in [-0.39, 0.29) is 5.60 Å². The monoisotopic (exact) mass is 219 g/mol. The van der Waals surface area contributed by atoms with Gasteiger partial charge < -0.3 is 10.1 Å². The molecule has 0 saturated heterocycles. The Labute approximate surface area is 98.0 Å². The maximum Gasteiger partial charge on any atom is 0.0621 e. The largest absolute Gasteiger partial charge is 0.382 e. The third kappa shape index (κ3) is 3.24. The summed E-state index contributed by atoms with van der Waals surface area (Å²) < 4.78 is 5.90. The van der Waals surface area contributed by atoms with Crippen LogP contribution in [0.3, 0.4) is 0 Å². The minimum atomic E-state index is -0.0115. The second kappa shape index (κ2) is 4.46. The first-order valence-electron chi connectivity index (χ1n) is 6.02. The molecule has 0 unspecified atom stereocenters. The summed E-state index contributed by atoms with van der Waals surface area (Å²) in [7, 11) is 0. The molecule has 2 heteroatoms. The van der Waals surface area contributed by atoms with Crippen molar-refractivity contribution in [2.75, 3.05) is 5.32 Å². The zero-order valence-electron chi connectivity index (χ0n) is 10.4. The molecule has 1 aliphatic carbocycles. The normalized spacial score (nSPS) is 24.9. The van der Waals surface area contributed by atoms with Gasteiger partial charge in [-0.2, -0.15) is 0 Å².